The Bertz CT molecular complexity index is 1420. The van der Waals surface area contributed by atoms with Gasteiger partial charge in [0.15, 0.2) is 11.2 Å². The Labute approximate surface area is 204 Å². The summed E-state index contributed by atoms with van der Waals surface area (Å²) in [6, 6.07) is 22.8. The summed E-state index contributed by atoms with van der Waals surface area (Å²) in [6.07, 6.45) is 0. The zero-order chi connectivity index (χ0) is 24.4. The molecule has 0 bridgehead atoms. The van der Waals surface area contributed by atoms with Crippen molar-refractivity contribution in [3.8, 4) is 17.1 Å². The van der Waals surface area contributed by atoms with E-state index in [2.05, 4.69) is 15.9 Å². The van der Waals surface area contributed by atoms with Crippen LogP contribution < -0.4 is 15.1 Å². The number of ether oxygens (including phenoxy) is 1. The smallest absolute Gasteiger partial charge is 0.196 e. The van der Waals surface area contributed by atoms with Gasteiger partial charge in [-0.3, -0.25) is 14.5 Å². The molecule has 6 heteroatoms. The maximum atomic E-state index is 13.4. The van der Waals surface area contributed by atoms with Gasteiger partial charge in [-0.15, -0.1) is 0 Å². The molecule has 0 aliphatic carbocycles. The highest BCUT2D eigenvalue weighted by Crippen LogP contribution is 2.29. The summed E-state index contributed by atoms with van der Waals surface area (Å²) in [5.41, 5.74) is 3.13. The molecule has 0 saturated carbocycles. The van der Waals surface area contributed by atoms with E-state index >= 15 is 0 Å². The Morgan fingerprint density at radius 2 is 1.63 bits per heavy atom. The number of Topliss-reactive ketones (excluding diaryl/α,β-unsaturated/α-hetero) is 1. The van der Waals surface area contributed by atoms with Crippen LogP contribution >= 0.6 is 0 Å². The van der Waals surface area contributed by atoms with Crippen molar-refractivity contribution in [1.82, 2.24) is 4.90 Å². The van der Waals surface area contributed by atoms with Gasteiger partial charge >= 0.3 is 0 Å². The third kappa shape index (κ3) is 4.45. The number of fused-ring (bicyclic) bond motifs is 1. The van der Waals surface area contributed by atoms with E-state index in [4.69, 9.17) is 9.15 Å². The van der Waals surface area contributed by atoms with Crippen LogP contribution in [0.4, 0.5) is 5.69 Å². The molecule has 4 aromatic rings. The molecule has 1 fully saturated rings. The normalized spacial score (nSPS) is 14.3. The molecule has 2 heterocycles. The number of piperazine rings is 1. The van der Waals surface area contributed by atoms with Gasteiger partial charge in [0.1, 0.15) is 17.1 Å². The second-order valence-electron chi connectivity index (χ2n) is 8.79. The predicted octanol–water partition coefficient (Wildman–Crippen LogP) is 4.78. The van der Waals surface area contributed by atoms with E-state index < -0.39 is 0 Å². The molecule has 0 spiro atoms. The monoisotopic (exact) mass is 468 g/mol. The fourth-order valence-electron chi connectivity index (χ4n) is 4.72. The molecule has 6 nitrogen and oxygen atoms in total. The summed E-state index contributed by atoms with van der Waals surface area (Å²) < 4.78 is 11.7. The minimum absolute atomic E-state index is 0.0487. The number of methoxy groups -OCH3 is 1. The highest BCUT2D eigenvalue weighted by atomic mass is 16.5. The van der Waals surface area contributed by atoms with Crippen LogP contribution in [0.3, 0.4) is 0 Å². The summed E-state index contributed by atoms with van der Waals surface area (Å²) in [5, 5.41) is 0.439. The van der Waals surface area contributed by atoms with E-state index in [9.17, 15) is 9.59 Å². The Kier molecular flexibility index (Phi) is 6.38. The quantitative estimate of drug-likeness (QED) is 0.380. The van der Waals surface area contributed by atoms with Crippen molar-refractivity contribution < 1.29 is 13.9 Å². The number of carbonyl (C=O) groups is 1. The average Bonchev–Trinajstić information content (AvgIpc) is 2.91. The SMILES string of the molecule is COc1ccccc1N1CCN(CC(=O)c2cccc3c(=O)c(C)c(-c4ccccc4)oc23)CC1. The van der Waals surface area contributed by atoms with Gasteiger partial charge in [0.2, 0.25) is 0 Å². The molecule has 3 aromatic carbocycles. The molecule has 0 radical (unpaired) electrons. The highest BCUT2D eigenvalue weighted by molar-refractivity contribution is 6.07. The Morgan fingerprint density at radius 1 is 0.914 bits per heavy atom. The van der Waals surface area contributed by atoms with E-state index in [1.165, 1.54) is 0 Å². The van der Waals surface area contributed by atoms with E-state index in [0.29, 0.717) is 27.9 Å². The third-order valence-corrected chi connectivity index (χ3v) is 6.65. The Morgan fingerprint density at radius 3 is 2.37 bits per heavy atom. The predicted molar refractivity (Wildman–Crippen MR) is 139 cm³/mol. The van der Waals surface area contributed by atoms with Gasteiger partial charge in [-0.05, 0) is 31.2 Å². The molecule has 0 amide bonds. The summed E-state index contributed by atoms with van der Waals surface area (Å²) in [7, 11) is 1.68. The summed E-state index contributed by atoms with van der Waals surface area (Å²) in [6.45, 7) is 5.16. The van der Waals surface area contributed by atoms with Crippen molar-refractivity contribution in [3.05, 3.63) is 94.1 Å². The lowest BCUT2D eigenvalue weighted by Gasteiger charge is -2.36. The molecule has 178 valence electrons. The van der Waals surface area contributed by atoms with Crippen LogP contribution in [0.2, 0.25) is 0 Å². The standard InChI is InChI=1S/C29H28N2O4/c1-20-27(33)23-12-8-11-22(29(23)35-28(20)21-9-4-3-5-10-21)25(32)19-30-15-17-31(18-16-30)24-13-6-7-14-26(24)34-2/h3-14H,15-19H2,1-2H3. The van der Waals surface area contributed by atoms with Crippen molar-refractivity contribution in [2.45, 2.75) is 6.92 Å². The molecule has 35 heavy (non-hydrogen) atoms. The fourth-order valence-corrected chi connectivity index (χ4v) is 4.72. The molecule has 1 aliphatic rings. The van der Waals surface area contributed by atoms with Gasteiger partial charge < -0.3 is 14.1 Å². The molecule has 1 aliphatic heterocycles. The van der Waals surface area contributed by atoms with E-state index in [1.54, 1.807) is 32.2 Å². The number of ketones is 1. The minimum atomic E-state index is -0.106. The van der Waals surface area contributed by atoms with Gasteiger partial charge in [-0.1, -0.05) is 48.5 Å². The average molecular weight is 469 g/mol. The number of rotatable bonds is 6. The summed E-state index contributed by atoms with van der Waals surface area (Å²) in [5.74, 6) is 1.31. The van der Waals surface area contributed by atoms with Crippen molar-refractivity contribution in [2.24, 2.45) is 0 Å². The number of nitrogens with zero attached hydrogens (tertiary/aromatic N) is 2. The molecular weight excluding hydrogens is 440 g/mol. The topological polar surface area (TPSA) is 63.0 Å². The number of carbonyl (C=O) groups excluding carboxylic acids is 1. The lowest BCUT2D eigenvalue weighted by molar-refractivity contribution is 0.0927. The maximum Gasteiger partial charge on any atom is 0.196 e. The summed E-state index contributed by atoms with van der Waals surface area (Å²) in [4.78, 5) is 30.9. The van der Waals surface area contributed by atoms with Crippen molar-refractivity contribution in [3.63, 3.8) is 0 Å². The van der Waals surface area contributed by atoms with E-state index in [1.807, 2.05) is 48.5 Å². The van der Waals surface area contributed by atoms with Gasteiger partial charge in [0.05, 0.1) is 30.3 Å². The first-order valence-electron chi connectivity index (χ1n) is 11.8. The lowest BCUT2D eigenvalue weighted by Crippen LogP contribution is -2.48. The van der Waals surface area contributed by atoms with Crippen LogP contribution in [0.1, 0.15) is 15.9 Å². The van der Waals surface area contributed by atoms with Crippen LogP contribution in [0.5, 0.6) is 5.75 Å². The van der Waals surface area contributed by atoms with Crippen molar-refractivity contribution in [2.75, 3.05) is 44.7 Å². The number of para-hydroxylation sites is 3. The Hall–Kier alpha value is -3.90. The first-order chi connectivity index (χ1) is 17.1. The number of anilines is 1. The lowest BCUT2D eigenvalue weighted by atomic mass is 10.0. The summed E-state index contributed by atoms with van der Waals surface area (Å²) >= 11 is 0. The van der Waals surface area contributed by atoms with Gasteiger partial charge in [0, 0.05) is 37.3 Å². The molecule has 0 N–H and O–H groups in total. The third-order valence-electron chi connectivity index (χ3n) is 6.65. The van der Waals surface area contributed by atoms with Crippen LogP contribution in [-0.4, -0.2) is 50.5 Å². The van der Waals surface area contributed by atoms with Gasteiger partial charge in [-0.2, -0.15) is 0 Å². The molecule has 1 saturated heterocycles. The number of hydrogen-bond acceptors (Lipinski definition) is 6. The maximum absolute atomic E-state index is 13.4. The highest BCUT2D eigenvalue weighted by Gasteiger charge is 2.24. The van der Waals surface area contributed by atoms with E-state index in [-0.39, 0.29) is 17.8 Å². The number of hydrogen-bond donors (Lipinski definition) is 0. The first kappa shape index (κ1) is 22.9. The van der Waals surface area contributed by atoms with Crippen LogP contribution in [0.25, 0.3) is 22.3 Å². The van der Waals surface area contributed by atoms with Crippen LogP contribution in [0, 0.1) is 6.92 Å². The number of benzene rings is 3. The van der Waals surface area contributed by atoms with Crippen molar-refractivity contribution in [1.29, 1.82) is 0 Å². The second kappa shape index (κ2) is 9.76. The largest absolute Gasteiger partial charge is 0.495 e. The molecule has 5 rings (SSSR count). The zero-order valence-electron chi connectivity index (χ0n) is 20.0. The van der Waals surface area contributed by atoms with Crippen LogP contribution in [-0.2, 0) is 0 Å². The second-order valence-corrected chi connectivity index (χ2v) is 8.79. The Balaban J connectivity index is 1.38. The molecular formula is C29H28N2O4. The van der Waals surface area contributed by atoms with E-state index in [0.717, 1.165) is 43.2 Å². The van der Waals surface area contributed by atoms with Gasteiger partial charge in [-0.25, -0.2) is 0 Å². The minimum Gasteiger partial charge on any atom is -0.495 e. The molecule has 0 unspecified atom stereocenters. The first-order valence-corrected chi connectivity index (χ1v) is 11.8. The van der Waals surface area contributed by atoms with Crippen molar-refractivity contribution >= 4 is 22.4 Å². The van der Waals surface area contributed by atoms with Gasteiger partial charge in [0.25, 0.3) is 0 Å². The van der Waals surface area contributed by atoms with Crippen LogP contribution in [0.15, 0.2) is 82.0 Å². The fraction of sp³-hybridized carbons (Fsp3) is 0.241. The molecule has 0 atom stereocenters. The molecule has 1 aromatic heterocycles. The zero-order valence-corrected chi connectivity index (χ0v) is 20.0.